The predicted molar refractivity (Wildman–Crippen MR) is 117 cm³/mol. The summed E-state index contributed by atoms with van der Waals surface area (Å²) >= 11 is 0. The summed E-state index contributed by atoms with van der Waals surface area (Å²) in [6, 6.07) is 0.434. The number of hydrogen-bond donors (Lipinski definition) is 0. The quantitative estimate of drug-likeness (QED) is 0.552. The van der Waals surface area contributed by atoms with Crippen molar-refractivity contribution in [1.82, 2.24) is 9.80 Å². The van der Waals surface area contributed by atoms with E-state index in [0.29, 0.717) is 18.2 Å². The molecular formula is C20H41FN2OP2. The van der Waals surface area contributed by atoms with E-state index in [4.69, 9.17) is 4.74 Å². The van der Waals surface area contributed by atoms with Crippen LogP contribution in [-0.4, -0.2) is 65.4 Å². The van der Waals surface area contributed by atoms with Crippen molar-refractivity contribution < 1.29 is 9.13 Å². The fourth-order valence-electron chi connectivity index (χ4n) is 4.52. The van der Waals surface area contributed by atoms with E-state index in [1.54, 1.807) is 0 Å². The summed E-state index contributed by atoms with van der Waals surface area (Å²) in [6.45, 7) is 12.5. The number of nitrogens with zero attached hydrogens (tertiary/aromatic N) is 2. The lowest BCUT2D eigenvalue weighted by Crippen LogP contribution is -2.59. The van der Waals surface area contributed by atoms with Gasteiger partial charge in [-0.25, -0.2) is 4.39 Å². The van der Waals surface area contributed by atoms with Gasteiger partial charge in [0.1, 0.15) is 0 Å². The lowest BCUT2D eigenvalue weighted by atomic mass is 9.84. The molecule has 1 saturated heterocycles. The van der Waals surface area contributed by atoms with Crippen LogP contribution >= 0.6 is 18.5 Å². The molecule has 3 unspecified atom stereocenters. The molecule has 0 bridgehead atoms. The molecule has 26 heavy (non-hydrogen) atoms. The molecule has 154 valence electrons. The average molecular weight is 407 g/mol. The third-order valence-corrected chi connectivity index (χ3v) is 6.85. The molecule has 1 saturated carbocycles. The summed E-state index contributed by atoms with van der Waals surface area (Å²) in [7, 11) is 4.81. The first-order chi connectivity index (χ1) is 12.2. The van der Waals surface area contributed by atoms with Crippen molar-refractivity contribution in [2.45, 2.75) is 95.7 Å². The molecule has 0 spiro atoms. The van der Waals surface area contributed by atoms with Crippen molar-refractivity contribution in [2.75, 3.05) is 26.2 Å². The van der Waals surface area contributed by atoms with Crippen molar-refractivity contribution in [1.29, 1.82) is 0 Å². The zero-order valence-corrected chi connectivity index (χ0v) is 19.6. The number of ether oxygens (including phenoxy) is 1. The van der Waals surface area contributed by atoms with Gasteiger partial charge in [-0.2, -0.15) is 0 Å². The third-order valence-electron chi connectivity index (χ3n) is 6.08. The van der Waals surface area contributed by atoms with Gasteiger partial charge in [0.25, 0.3) is 0 Å². The lowest BCUT2D eigenvalue weighted by molar-refractivity contribution is -0.0209. The highest BCUT2D eigenvalue weighted by Gasteiger charge is 2.39. The van der Waals surface area contributed by atoms with Crippen LogP contribution in [0.5, 0.6) is 0 Å². The van der Waals surface area contributed by atoms with Gasteiger partial charge in [0.05, 0.1) is 18.2 Å². The van der Waals surface area contributed by atoms with Crippen molar-refractivity contribution in [3.8, 4) is 0 Å². The van der Waals surface area contributed by atoms with Crippen LogP contribution in [0, 0.1) is 5.92 Å². The Morgan fingerprint density at radius 2 is 1.73 bits per heavy atom. The first-order valence-electron chi connectivity index (χ1n) is 10.6. The maximum absolute atomic E-state index is 14.7. The first kappa shape index (κ1) is 23.0. The standard InChI is InChI=1S/C20H41FN2OP2/c1-15(2)23-13-12-22(19(14-23)20(21,25)26)11-5-6-17-7-9-18(10-8-17)24-16(3)4/h15-19H,5-14,25-26H2,1-4H3. The van der Waals surface area contributed by atoms with Gasteiger partial charge in [-0.3, -0.25) is 9.80 Å². The molecule has 1 aliphatic carbocycles. The fourth-order valence-corrected chi connectivity index (χ4v) is 5.16. The van der Waals surface area contributed by atoms with Gasteiger partial charge in [0, 0.05) is 25.7 Å². The zero-order valence-electron chi connectivity index (χ0n) is 17.3. The van der Waals surface area contributed by atoms with E-state index in [9.17, 15) is 4.39 Å². The lowest BCUT2D eigenvalue weighted by Gasteiger charge is -2.46. The SMILES string of the molecule is CC(C)OC1CCC(CCCN2CCN(C(C)C)CC2C(F)(P)P)CC1. The van der Waals surface area contributed by atoms with Gasteiger partial charge in [-0.05, 0) is 78.7 Å². The van der Waals surface area contributed by atoms with Crippen LogP contribution in [0.3, 0.4) is 0 Å². The normalized spacial score (nSPS) is 29.7. The number of hydrogen-bond acceptors (Lipinski definition) is 3. The van der Waals surface area contributed by atoms with Gasteiger partial charge in [-0.15, -0.1) is 0 Å². The molecule has 0 radical (unpaired) electrons. The summed E-state index contributed by atoms with van der Waals surface area (Å²) in [5, 5.41) is -1.31. The van der Waals surface area contributed by atoms with Crippen LogP contribution < -0.4 is 0 Å². The highest BCUT2D eigenvalue weighted by Crippen LogP contribution is 2.38. The Morgan fingerprint density at radius 3 is 2.27 bits per heavy atom. The molecule has 1 heterocycles. The molecule has 6 heteroatoms. The number of alkyl halides is 1. The first-order valence-corrected chi connectivity index (χ1v) is 11.7. The summed E-state index contributed by atoms with van der Waals surface area (Å²) in [6.07, 6.45) is 8.29. The highest BCUT2D eigenvalue weighted by molar-refractivity contribution is 7.39. The van der Waals surface area contributed by atoms with Crippen LogP contribution in [0.1, 0.15) is 66.2 Å². The minimum absolute atomic E-state index is 0.0520. The summed E-state index contributed by atoms with van der Waals surface area (Å²) in [5.41, 5.74) is 0. The van der Waals surface area contributed by atoms with E-state index in [1.165, 1.54) is 38.5 Å². The van der Waals surface area contributed by atoms with Crippen LogP contribution in [0.15, 0.2) is 0 Å². The van der Waals surface area contributed by atoms with E-state index in [-0.39, 0.29) is 6.04 Å². The molecule has 0 N–H and O–H groups in total. The van der Waals surface area contributed by atoms with Gasteiger partial charge >= 0.3 is 0 Å². The second-order valence-electron chi connectivity index (χ2n) is 8.94. The predicted octanol–water partition coefficient (Wildman–Crippen LogP) is 4.52. The average Bonchev–Trinajstić information content (AvgIpc) is 2.55. The maximum atomic E-state index is 14.7. The van der Waals surface area contributed by atoms with Gasteiger partial charge in [0.2, 0.25) is 0 Å². The highest BCUT2D eigenvalue weighted by atomic mass is 31.1. The maximum Gasteiger partial charge on any atom is 0.152 e. The van der Waals surface area contributed by atoms with Crippen molar-refractivity contribution >= 4 is 18.5 Å². The van der Waals surface area contributed by atoms with Crippen molar-refractivity contribution in [3.05, 3.63) is 0 Å². The Kier molecular flexibility index (Phi) is 9.22. The van der Waals surface area contributed by atoms with Crippen LogP contribution in [-0.2, 0) is 4.74 Å². The number of rotatable bonds is 8. The largest absolute Gasteiger partial charge is 0.376 e. The second kappa shape index (κ2) is 10.4. The summed E-state index contributed by atoms with van der Waals surface area (Å²) in [4.78, 5) is 4.78. The van der Waals surface area contributed by atoms with E-state index in [1.807, 2.05) is 0 Å². The molecule has 0 amide bonds. The van der Waals surface area contributed by atoms with Crippen LogP contribution in [0.25, 0.3) is 0 Å². The second-order valence-corrected chi connectivity index (χ2v) is 11.4. The Morgan fingerprint density at radius 1 is 1.08 bits per heavy atom. The topological polar surface area (TPSA) is 15.7 Å². The van der Waals surface area contributed by atoms with E-state index in [0.717, 1.165) is 32.1 Å². The molecule has 2 aliphatic rings. The van der Waals surface area contributed by atoms with Gasteiger partial charge in [0.15, 0.2) is 5.15 Å². The van der Waals surface area contributed by atoms with Crippen LogP contribution in [0.2, 0.25) is 0 Å². The fraction of sp³-hybridized carbons (Fsp3) is 1.00. The van der Waals surface area contributed by atoms with Crippen molar-refractivity contribution in [2.24, 2.45) is 5.92 Å². The van der Waals surface area contributed by atoms with E-state index in [2.05, 4.69) is 56.0 Å². The zero-order chi connectivity index (χ0) is 19.3. The van der Waals surface area contributed by atoms with E-state index >= 15 is 0 Å². The monoisotopic (exact) mass is 406 g/mol. The number of piperazine rings is 1. The minimum Gasteiger partial charge on any atom is -0.376 e. The smallest absolute Gasteiger partial charge is 0.152 e. The van der Waals surface area contributed by atoms with Gasteiger partial charge in [-0.1, -0.05) is 18.5 Å². The summed E-state index contributed by atoms with van der Waals surface area (Å²) < 4.78 is 20.7. The van der Waals surface area contributed by atoms with E-state index < -0.39 is 5.15 Å². The molecule has 3 nitrogen and oxygen atoms in total. The Hall–Kier alpha value is 0.670. The van der Waals surface area contributed by atoms with Gasteiger partial charge < -0.3 is 4.74 Å². The molecule has 0 aromatic carbocycles. The molecule has 0 aromatic heterocycles. The Balaban J connectivity index is 1.74. The molecule has 2 rings (SSSR count). The Labute approximate surface area is 165 Å². The third kappa shape index (κ3) is 7.25. The molecular weight excluding hydrogens is 365 g/mol. The minimum atomic E-state index is -1.31. The summed E-state index contributed by atoms with van der Waals surface area (Å²) in [5.74, 6) is 0.833. The van der Waals surface area contributed by atoms with Crippen molar-refractivity contribution in [3.63, 3.8) is 0 Å². The number of halogens is 1. The molecule has 3 atom stereocenters. The molecule has 2 fully saturated rings. The molecule has 1 aliphatic heterocycles. The van der Waals surface area contributed by atoms with Crippen LogP contribution in [0.4, 0.5) is 4.39 Å². The molecule has 0 aromatic rings. The Bertz CT molecular complexity index is 409.